The fourth-order valence-corrected chi connectivity index (χ4v) is 4.66. The minimum atomic E-state index is -0.921. The van der Waals surface area contributed by atoms with Crippen molar-refractivity contribution in [2.45, 2.75) is 97.4 Å². The summed E-state index contributed by atoms with van der Waals surface area (Å²) >= 11 is 0. The van der Waals surface area contributed by atoms with Crippen molar-refractivity contribution in [2.24, 2.45) is 5.92 Å². The topological polar surface area (TPSA) is 110 Å². The molecule has 1 aliphatic heterocycles. The summed E-state index contributed by atoms with van der Waals surface area (Å²) in [5, 5.41) is 5.83. The van der Waals surface area contributed by atoms with E-state index in [4.69, 9.17) is 9.47 Å². The summed E-state index contributed by atoms with van der Waals surface area (Å²) in [6, 6.07) is 9.30. The highest BCUT2D eigenvalue weighted by Crippen LogP contribution is 2.18. The van der Waals surface area contributed by atoms with Crippen LogP contribution in [0.4, 0.5) is 4.79 Å². The van der Waals surface area contributed by atoms with Gasteiger partial charge in [-0.1, -0.05) is 38.8 Å². The van der Waals surface area contributed by atoms with Gasteiger partial charge in [-0.25, -0.2) is 9.59 Å². The van der Waals surface area contributed by atoms with Gasteiger partial charge in [0.2, 0.25) is 5.91 Å². The van der Waals surface area contributed by atoms with Crippen molar-refractivity contribution in [1.82, 2.24) is 20.5 Å². The number of hydrogen-bond donors (Lipinski definition) is 2. The zero-order valence-electron chi connectivity index (χ0n) is 25.2. The first-order chi connectivity index (χ1) is 19.5. The van der Waals surface area contributed by atoms with Crippen molar-refractivity contribution in [3.63, 3.8) is 0 Å². The average Bonchev–Trinajstić information content (AvgIpc) is 3.21. The summed E-state index contributed by atoms with van der Waals surface area (Å²) in [6.07, 6.45) is 8.27. The molecule has 1 aliphatic rings. The minimum absolute atomic E-state index is 0.162. The van der Waals surface area contributed by atoms with Crippen LogP contribution in [0, 0.1) is 5.92 Å². The van der Waals surface area contributed by atoms with E-state index in [1.165, 1.54) is 0 Å². The van der Waals surface area contributed by atoms with Crippen LogP contribution in [0.1, 0.15) is 77.8 Å². The molecule has 2 unspecified atom stereocenters. The summed E-state index contributed by atoms with van der Waals surface area (Å²) in [4.78, 5) is 45.6. The SMILES string of the molecule is CC(C)CC(NC(=O)N1CCCCCC1)C(=O)NC(Cc1ccc(OCc2ccncc2)cc1)C(=O)OC(C)(C)C. The molecule has 3 rings (SSSR count). The second-order valence-electron chi connectivity index (χ2n) is 12.1. The van der Waals surface area contributed by atoms with Crippen LogP contribution in [0.25, 0.3) is 0 Å². The lowest BCUT2D eigenvalue weighted by Gasteiger charge is -2.28. The van der Waals surface area contributed by atoms with Crippen LogP contribution in [0.15, 0.2) is 48.8 Å². The Morgan fingerprint density at radius 2 is 1.51 bits per heavy atom. The molecule has 0 aliphatic carbocycles. The molecule has 2 N–H and O–H groups in total. The number of urea groups is 1. The lowest BCUT2D eigenvalue weighted by atomic mass is 10.0. The highest BCUT2D eigenvalue weighted by molar-refractivity contribution is 5.90. The monoisotopic (exact) mass is 566 g/mol. The van der Waals surface area contributed by atoms with E-state index in [0.717, 1.165) is 36.8 Å². The first-order valence-corrected chi connectivity index (χ1v) is 14.7. The Morgan fingerprint density at radius 3 is 2.10 bits per heavy atom. The van der Waals surface area contributed by atoms with Gasteiger partial charge in [0.05, 0.1) is 0 Å². The van der Waals surface area contributed by atoms with Crippen LogP contribution < -0.4 is 15.4 Å². The third-order valence-electron chi connectivity index (χ3n) is 6.74. The van der Waals surface area contributed by atoms with Crippen molar-refractivity contribution >= 4 is 17.9 Å². The van der Waals surface area contributed by atoms with Crippen LogP contribution in [-0.4, -0.2) is 58.6 Å². The van der Waals surface area contributed by atoms with E-state index < -0.39 is 29.6 Å². The molecule has 2 heterocycles. The van der Waals surface area contributed by atoms with Gasteiger partial charge >= 0.3 is 12.0 Å². The number of ether oxygens (including phenoxy) is 2. The van der Waals surface area contributed by atoms with Gasteiger partial charge in [0.1, 0.15) is 30.0 Å². The van der Waals surface area contributed by atoms with E-state index in [9.17, 15) is 14.4 Å². The largest absolute Gasteiger partial charge is 0.489 e. The van der Waals surface area contributed by atoms with E-state index in [1.54, 1.807) is 38.1 Å². The number of esters is 1. The fourth-order valence-electron chi connectivity index (χ4n) is 4.66. The quantitative estimate of drug-likeness (QED) is 0.369. The van der Waals surface area contributed by atoms with Crippen molar-refractivity contribution in [3.8, 4) is 5.75 Å². The lowest BCUT2D eigenvalue weighted by Crippen LogP contribution is -2.55. The average molecular weight is 567 g/mol. The number of carbonyl (C=O) groups excluding carboxylic acids is 3. The molecule has 9 heteroatoms. The van der Waals surface area contributed by atoms with Crippen molar-refractivity contribution in [3.05, 3.63) is 59.9 Å². The van der Waals surface area contributed by atoms with E-state index in [-0.39, 0.29) is 18.4 Å². The minimum Gasteiger partial charge on any atom is -0.489 e. The van der Waals surface area contributed by atoms with Crippen LogP contribution in [0.3, 0.4) is 0 Å². The van der Waals surface area contributed by atoms with Gasteiger partial charge < -0.3 is 25.0 Å². The van der Waals surface area contributed by atoms with E-state index >= 15 is 0 Å². The first kappa shape index (κ1) is 31.9. The third-order valence-corrected chi connectivity index (χ3v) is 6.74. The van der Waals surface area contributed by atoms with E-state index in [2.05, 4.69) is 15.6 Å². The standard InChI is InChI=1S/C32H46N4O5/c1-23(2)20-27(35-31(39)36-18-8-6-7-9-19-36)29(37)34-28(30(38)41-32(3,4)5)21-24-10-12-26(13-11-24)40-22-25-14-16-33-17-15-25/h10-17,23,27-28H,6-9,18-22H2,1-5H3,(H,34,37)(H,35,39). The normalized spacial score (nSPS) is 15.4. The molecule has 224 valence electrons. The molecule has 1 aromatic heterocycles. The van der Waals surface area contributed by atoms with Gasteiger partial charge in [-0.2, -0.15) is 0 Å². The molecule has 0 spiro atoms. The van der Waals surface area contributed by atoms with Gasteiger partial charge in [0, 0.05) is 31.9 Å². The van der Waals surface area contributed by atoms with Gasteiger partial charge in [-0.05, 0) is 81.3 Å². The zero-order valence-corrected chi connectivity index (χ0v) is 25.2. The number of aromatic nitrogens is 1. The molecule has 41 heavy (non-hydrogen) atoms. The van der Waals surface area contributed by atoms with Crippen molar-refractivity contribution in [1.29, 1.82) is 0 Å². The predicted octanol–water partition coefficient (Wildman–Crippen LogP) is 5.03. The summed E-state index contributed by atoms with van der Waals surface area (Å²) < 4.78 is 11.5. The van der Waals surface area contributed by atoms with Crippen LogP contribution in [0.2, 0.25) is 0 Å². The summed E-state index contributed by atoms with van der Waals surface area (Å²) in [6.45, 7) is 11.2. The van der Waals surface area contributed by atoms with Gasteiger partial charge in [0.15, 0.2) is 0 Å². The number of rotatable bonds is 11. The lowest BCUT2D eigenvalue weighted by molar-refractivity contribution is -0.158. The van der Waals surface area contributed by atoms with Crippen LogP contribution in [0.5, 0.6) is 5.75 Å². The number of benzene rings is 1. The van der Waals surface area contributed by atoms with E-state index in [0.29, 0.717) is 31.9 Å². The van der Waals surface area contributed by atoms with Crippen molar-refractivity contribution < 1.29 is 23.9 Å². The summed E-state index contributed by atoms with van der Waals surface area (Å²) in [7, 11) is 0. The summed E-state index contributed by atoms with van der Waals surface area (Å²) in [5.41, 5.74) is 1.13. The number of nitrogens with one attached hydrogen (secondary N) is 2. The highest BCUT2D eigenvalue weighted by atomic mass is 16.6. The molecular formula is C32H46N4O5. The smallest absolute Gasteiger partial charge is 0.329 e. The molecule has 3 amide bonds. The molecule has 0 radical (unpaired) electrons. The molecule has 0 bridgehead atoms. The highest BCUT2D eigenvalue weighted by Gasteiger charge is 2.31. The molecule has 9 nitrogen and oxygen atoms in total. The number of carbonyl (C=O) groups is 3. The zero-order chi connectivity index (χ0) is 29.8. The fraction of sp³-hybridized carbons (Fsp3) is 0.562. The Balaban J connectivity index is 1.70. The second-order valence-corrected chi connectivity index (χ2v) is 12.1. The Morgan fingerprint density at radius 1 is 0.878 bits per heavy atom. The maximum Gasteiger partial charge on any atom is 0.329 e. The maximum atomic E-state index is 13.5. The van der Waals surface area contributed by atoms with Gasteiger partial charge in [0.25, 0.3) is 0 Å². The molecule has 2 atom stereocenters. The number of amides is 3. The molecule has 1 fully saturated rings. The number of hydrogen-bond acceptors (Lipinski definition) is 6. The Kier molecular flexibility index (Phi) is 12.0. The second kappa shape index (κ2) is 15.4. The van der Waals surface area contributed by atoms with Crippen molar-refractivity contribution in [2.75, 3.05) is 13.1 Å². The number of likely N-dealkylation sites (tertiary alicyclic amines) is 1. The predicted molar refractivity (Wildman–Crippen MR) is 158 cm³/mol. The summed E-state index contributed by atoms with van der Waals surface area (Å²) in [5.74, 6) is -0.0625. The Hall–Kier alpha value is -3.62. The molecule has 0 saturated carbocycles. The molecule has 1 aromatic carbocycles. The van der Waals surface area contributed by atoms with Crippen LogP contribution in [-0.2, 0) is 27.4 Å². The molecular weight excluding hydrogens is 520 g/mol. The van der Waals surface area contributed by atoms with E-state index in [1.807, 2.05) is 50.2 Å². The van der Waals surface area contributed by atoms with Crippen LogP contribution >= 0.6 is 0 Å². The van der Waals surface area contributed by atoms with Gasteiger partial charge in [-0.3, -0.25) is 9.78 Å². The Labute approximate surface area is 244 Å². The number of nitrogens with zero attached hydrogens (tertiary/aromatic N) is 2. The molecule has 1 saturated heterocycles. The third kappa shape index (κ3) is 11.4. The van der Waals surface area contributed by atoms with Gasteiger partial charge in [-0.15, -0.1) is 0 Å². The first-order valence-electron chi connectivity index (χ1n) is 14.7. The maximum absolute atomic E-state index is 13.5. The Bertz CT molecular complexity index is 1110. The molecule has 2 aromatic rings. The number of pyridine rings is 1.